The fourth-order valence-electron chi connectivity index (χ4n) is 4.03. The lowest BCUT2D eigenvalue weighted by Gasteiger charge is -2.36. The van der Waals surface area contributed by atoms with Crippen LogP contribution in [0.4, 0.5) is 11.4 Å². The normalized spacial score (nSPS) is 13.1. The van der Waals surface area contributed by atoms with Crippen molar-refractivity contribution < 1.29 is 19.1 Å². The number of hydrogen-bond acceptors (Lipinski definition) is 6. The van der Waals surface area contributed by atoms with Crippen molar-refractivity contribution in [1.29, 1.82) is 0 Å². The third-order valence-electron chi connectivity index (χ3n) is 6.03. The number of halogens is 1. The van der Waals surface area contributed by atoms with Crippen molar-refractivity contribution in [2.75, 3.05) is 50.6 Å². The van der Waals surface area contributed by atoms with Crippen molar-refractivity contribution in [2.24, 2.45) is 0 Å². The number of carbonyl (C=O) groups is 2. The highest BCUT2D eigenvalue weighted by atomic mass is 35.5. The molecule has 192 valence electrons. The van der Waals surface area contributed by atoms with Gasteiger partial charge < -0.3 is 24.6 Å². The number of piperazine rings is 1. The van der Waals surface area contributed by atoms with Crippen molar-refractivity contribution in [3.8, 4) is 11.5 Å². The minimum Gasteiger partial charge on any atom is -0.497 e. The lowest BCUT2D eigenvalue weighted by Crippen LogP contribution is -2.48. The van der Waals surface area contributed by atoms with E-state index in [1.807, 2.05) is 29.2 Å². The van der Waals surface area contributed by atoms with Crippen molar-refractivity contribution in [2.45, 2.75) is 0 Å². The minimum atomic E-state index is -0.421. The van der Waals surface area contributed by atoms with E-state index < -0.39 is 5.91 Å². The molecule has 0 bridgehead atoms. The Morgan fingerprint density at radius 3 is 2.19 bits per heavy atom. The molecule has 0 aromatic heterocycles. The second-order valence-corrected chi connectivity index (χ2v) is 9.15. The summed E-state index contributed by atoms with van der Waals surface area (Å²) in [5.74, 6) is 0.729. The molecule has 0 saturated carbocycles. The van der Waals surface area contributed by atoms with Gasteiger partial charge in [0.1, 0.15) is 11.5 Å². The average Bonchev–Trinajstić information content (AvgIpc) is 2.93. The van der Waals surface area contributed by atoms with Gasteiger partial charge in [-0.15, -0.1) is 0 Å². The van der Waals surface area contributed by atoms with E-state index in [4.69, 9.17) is 33.3 Å². The van der Waals surface area contributed by atoms with Gasteiger partial charge in [0.2, 0.25) is 0 Å². The molecule has 1 fully saturated rings. The molecule has 3 aromatic carbocycles. The van der Waals surface area contributed by atoms with Crippen LogP contribution in [0.3, 0.4) is 0 Å². The first kappa shape index (κ1) is 26.2. The Morgan fingerprint density at radius 2 is 1.57 bits per heavy atom. The predicted molar refractivity (Wildman–Crippen MR) is 149 cm³/mol. The van der Waals surface area contributed by atoms with Crippen molar-refractivity contribution in [3.63, 3.8) is 0 Å². The van der Waals surface area contributed by atoms with Gasteiger partial charge in [0.25, 0.3) is 11.8 Å². The number of anilines is 2. The van der Waals surface area contributed by atoms with E-state index in [1.54, 1.807) is 43.5 Å². The van der Waals surface area contributed by atoms with Crippen LogP contribution in [-0.2, 0) is 0 Å². The van der Waals surface area contributed by atoms with Gasteiger partial charge >= 0.3 is 0 Å². The van der Waals surface area contributed by atoms with E-state index in [0.29, 0.717) is 35.0 Å². The lowest BCUT2D eigenvalue weighted by molar-refractivity contribution is 0.0746. The van der Waals surface area contributed by atoms with E-state index >= 15 is 0 Å². The number of rotatable bonds is 6. The monoisotopic (exact) mass is 538 g/mol. The molecule has 1 aliphatic rings. The summed E-state index contributed by atoms with van der Waals surface area (Å²) in [5.41, 5.74) is 2.72. The van der Waals surface area contributed by atoms with Gasteiger partial charge in [-0.2, -0.15) is 0 Å². The van der Waals surface area contributed by atoms with E-state index in [-0.39, 0.29) is 11.0 Å². The zero-order chi connectivity index (χ0) is 26.4. The molecule has 0 unspecified atom stereocenters. The Bertz CT molecular complexity index is 1280. The standard InChI is InChI=1S/C27H27ClN4O4S/c1-35-22-10-3-18(4-11-22)26(34)32-15-13-31(14-16-32)21-8-6-20(7-9-21)29-27(37)30-25(33)23-17-19(28)5-12-24(23)36-2/h3-12,17H,13-16H2,1-2H3,(H2,29,30,33,37). The van der Waals surface area contributed by atoms with Crippen LogP contribution in [0, 0.1) is 0 Å². The van der Waals surface area contributed by atoms with Crippen molar-refractivity contribution in [3.05, 3.63) is 82.9 Å². The van der Waals surface area contributed by atoms with Gasteiger partial charge in [0.05, 0.1) is 19.8 Å². The third kappa shape index (κ3) is 6.49. The van der Waals surface area contributed by atoms with Gasteiger partial charge in [-0.05, 0) is 78.9 Å². The number of methoxy groups -OCH3 is 2. The summed E-state index contributed by atoms with van der Waals surface area (Å²) in [6, 6.07) is 19.7. The van der Waals surface area contributed by atoms with Crippen LogP contribution >= 0.6 is 23.8 Å². The smallest absolute Gasteiger partial charge is 0.261 e. The summed E-state index contributed by atoms with van der Waals surface area (Å²) in [5, 5.41) is 6.25. The van der Waals surface area contributed by atoms with Crippen LogP contribution in [0.15, 0.2) is 66.7 Å². The highest BCUT2D eigenvalue weighted by Crippen LogP contribution is 2.23. The molecule has 37 heavy (non-hydrogen) atoms. The van der Waals surface area contributed by atoms with Crippen LogP contribution in [0.25, 0.3) is 0 Å². The Morgan fingerprint density at radius 1 is 0.892 bits per heavy atom. The molecule has 10 heteroatoms. The molecule has 1 aliphatic heterocycles. The summed E-state index contributed by atoms with van der Waals surface area (Å²) in [6.07, 6.45) is 0. The number of benzene rings is 3. The molecule has 3 aromatic rings. The predicted octanol–water partition coefficient (Wildman–Crippen LogP) is 4.45. The Balaban J connectivity index is 1.29. The number of nitrogens with zero attached hydrogens (tertiary/aromatic N) is 2. The van der Waals surface area contributed by atoms with E-state index in [0.717, 1.165) is 30.2 Å². The molecule has 0 aliphatic carbocycles. The number of nitrogens with one attached hydrogen (secondary N) is 2. The molecule has 0 spiro atoms. The first-order valence-corrected chi connectivity index (χ1v) is 12.4. The summed E-state index contributed by atoms with van der Waals surface area (Å²) in [4.78, 5) is 29.5. The van der Waals surface area contributed by atoms with Gasteiger partial charge in [0, 0.05) is 48.1 Å². The number of hydrogen-bond donors (Lipinski definition) is 2. The first-order valence-electron chi connectivity index (χ1n) is 11.6. The molecule has 1 heterocycles. The van der Waals surface area contributed by atoms with Crippen LogP contribution in [0.1, 0.15) is 20.7 Å². The van der Waals surface area contributed by atoms with Crippen molar-refractivity contribution >= 4 is 52.1 Å². The Labute approximate surface area is 226 Å². The molecule has 2 amide bonds. The molecule has 4 rings (SSSR count). The zero-order valence-electron chi connectivity index (χ0n) is 20.5. The average molecular weight is 539 g/mol. The Kier molecular flexibility index (Phi) is 8.47. The van der Waals surface area contributed by atoms with Gasteiger partial charge in [-0.25, -0.2) is 0 Å². The maximum atomic E-state index is 12.8. The van der Waals surface area contributed by atoms with Crippen LogP contribution in [0.2, 0.25) is 5.02 Å². The van der Waals surface area contributed by atoms with Crippen LogP contribution < -0.4 is 25.0 Å². The zero-order valence-corrected chi connectivity index (χ0v) is 22.1. The largest absolute Gasteiger partial charge is 0.497 e. The number of amides is 2. The second-order valence-electron chi connectivity index (χ2n) is 8.31. The summed E-state index contributed by atoms with van der Waals surface area (Å²) in [6.45, 7) is 2.72. The molecule has 0 radical (unpaired) electrons. The molecule has 2 N–H and O–H groups in total. The molecule has 0 atom stereocenters. The topological polar surface area (TPSA) is 83.1 Å². The minimum absolute atomic E-state index is 0.0211. The van der Waals surface area contributed by atoms with E-state index in [1.165, 1.54) is 13.2 Å². The maximum absolute atomic E-state index is 12.8. The highest BCUT2D eigenvalue weighted by Gasteiger charge is 2.22. The maximum Gasteiger partial charge on any atom is 0.261 e. The lowest BCUT2D eigenvalue weighted by atomic mass is 10.1. The van der Waals surface area contributed by atoms with E-state index in [9.17, 15) is 9.59 Å². The second kappa shape index (κ2) is 11.9. The Hall–Kier alpha value is -3.82. The SMILES string of the molecule is COc1ccc(C(=O)N2CCN(c3ccc(NC(=S)NC(=O)c4cc(Cl)ccc4OC)cc3)CC2)cc1. The summed E-state index contributed by atoms with van der Waals surface area (Å²) < 4.78 is 10.4. The first-order chi connectivity index (χ1) is 17.9. The highest BCUT2D eigenvalue weighted by molar-refractivity contribution is 7.80. The third-order valence-corrected chi connectivity index (χ3v) is 6.47. The molecular weight excluding hydrogens is 512 g/mol. The van der Waals surface area contributed by atoms with E-state index in [2.05, 4.69) is 15.5 Å². The van der Waals surface area contributed by atoms with Crippen LogP contribution in [0.5, 0.6) is 11.5 Å². The van der Waals surface area contributed by atoms with Gasteiger partial charge in [-0.3, -0.25) is 14.9 Å². The van der Waals surface area contributed by atoms with Crippen LogP contribution in [-0.4, -0.2) is 62.2 Å². The molecule has 8 nitrogen and oxygen atoms in total. The van der Waals surface area contributed by atoms with Gasteiger partial charge in [0.15, 0.2) is 5.11 Å². The molecular formula is C27H27ClN4O4S. The number of ether oxygens (including phenoxy) is 2. The quantitative estimate of drug-likeness (QED) is 0.449. The fraction of sp³-hybridized carbons (Fsp3) is 0.222. The fourth-order valence-corrected chi connectivity index (χ4v) is 4.41. The number of carbonyl (C=O) groups excluding carboxylic acids is 2. The summed E-state index contributed by atoms with van der Waals surface area (Å²) >= 11 is 11.3. The van der Waals surface area contributed by atoms with Gasteiger partial charge in [-0.1, -0.05) is 11.6 Å². The number of thiocarbonyl (C=S) groups is 1. The molecule has 1 saturated heterocycles. The van der Waals surface area contributed by atoms with Crippen molar-refractivity contribution in [1.82, 2.24) is 10.2 Å². The summed E-state index contributed by atoms with van der Waals surface area (Å²) in [7, 11) is 3.09.